The quantitative estimate of drug-likeness (QED) is 0.350. The van der Waals surface area contributed by atoms with E-state index in [2.05, 4.69) is 98.2 Å². The molecule has 0 radical (unpaired) electrons. The first-order valence-electron chi connectivity index (χ1n) is 10.8. The van der Waals surface area contributed by atoms with Crippen LogP contribution in [0.1, 0.15) is 84.6 Å². The Morgan fingerprint density at radius 3 is 1.73 bits per heavy atom. The largest absolute Gasteiger partial charge is 0.0696 e. The minimum absolute atomic E-state index is 0.0915. The average molecular weight is 417 g/mol. The fourth-order valence-electron chi connectivity index (χ4n) is 3.21. The van der Waals surface area contributed by atoms with E-state index >= 15 is 0 Å². The molecule has 0 aliphatic heterocycles. The van der Waals surface area contributed by atoms with Gasteiger partial charge < -0.3 is 0 Å². The molecule has 0 fully saturated rings. The Kier molecular flexibility index (Phi) is 7.55. The zero-order valence-corrected chi connectivity index (χ0v) is 21.1. The Morgan fingerprint density at radius 2 is 1.27 bits per heavy atom. The Labute approximate surface area is 186 Å². The van der Waals surface area contributed by atoms with Crippen LogP contribution in [-0.4, -0.2) is 5.80 Å². The van der Waals surface area contributed by atoms with Gasteiger partial charge in [0.1, 0.15) is 0 Å². The minimum Gasteiger partial charge on any atom is -0.0696 e. The van der Waals surface area contributed by atoms with Crippen LogP contribution in [0.25, 0.3) is 0 Å². The van der Waals surface area contributed by atoms with Crippen LogP contribution in [0.15, 0.2) is 54.6 Å². The van der Waals surface area contributed by atoms with Crippen molar-refractivity contribution in [2.75, 3.05) is 0 Å². The van der Waals surface area contributed by atoms with Crippen LogP contribution in [0, 0.1) is 11.8 Å². The molecule has 0 unspecified atom stereocenters. The summed E-state index contributed by atoms with van der Waals surface area (Å²) in [5.74, 6) is 8.54. The van der Waals surface area contributed by atoms with Gasteiger partial charge in [0, 0.05) is 10.9 Å². The first kappa shape index (κ1) is 24.2. The van der Waals surface area contributed by atoms with Crippen molar-refractivity contribution in [3.8, 4) is 11.8 Å². The molecule has 0 aliphatic rings. The van der Waals surface area contributed by atoms with Gasteiger partial charge >= 0.3 is 0 Å². The molecule has 1 heteroatoms. The predicted molar refractivity (Wildman–Crippen MR) is 138 cm³/mol. The van der Waals surface area contributed by atoms with Gasteiger partial charge in [-0.1, -0.05) is 113 Å². The van der Waals surface area contributed by atoms with E-state index in [0.29, 0.717) is 0 Å². The van der Waals surface area contributed by atoms with Crippen molar-refractivity contribution in [2.24, 2.45) is 0 Å². The third-order valence-electron chi connectivity index (χ3n) is 5.05. The summed E-state index contributed by atoms with van der Waals surface area (Å²) in [6.07, 6.45) is 4.02. The lowest BCUT2D eigenvalue weighted by Gasteiger charge is -2.32. The molecule has 0 nitrogen and oxygen atoms in total. The highest BCUT2D eigenvalue weighted by Crippen LogP contribution is 2.35. The first-order valence-corrected chi connectivity index (χ1v) is 11.7. The van der Waals surface area contributed by atoms with E-state index in [1.54, 1.807) is 0 Å². The van der Waals surface area contributed by atoms with Crippen molar-refractivity contribution in [2.45, 2.75) is 78.6 Å². The Bertz CT molecular complexity index is 938. The van der Waals surface area contributed by atoms with Crippen LogP contribution >= 0.6 is 8.20 Å². The topological polar surface area (TPSA) is 0 Å². The summed E-state index contributed by atoms with van der Waals surface area (Å²) in [7, 11) is 1.22. The van der Waals surface area contributed by atoms with E-state index in [9.17, 15) is 0 Å². The van der Waals surface area contributed by atoms with E-state index in [1.807, 2.05) is 36.4 Å². The summed E-state index contributed by atoms with van der Waals surface area (Å²) in [4.78, 5) is 0. The second-order valence-electron chi connectivity index (χ2n) is 10.9. The molecule has 0 heterocycles. The Hall–Kier alpha value is -2.09. The highest BCUT2D eigenvalue weighted by molar-refractivity contribution is 7.47. The van der Waals surface area contributed by atoms with Gasteiger partial charge in [-0.2, -0.15) is 0 Å². The van der Waals surface area contributed by atoms with Crippen LogP contribution in [0.3, 0.4) is 0 Å². The molecule has 0 aromatic heterocycles. The van der Waals surface area contributed by atoms with Crippen LogP contribution in [-0.2, 0) is 16.2 Å². The fraction of sp³-hybridized carbons (Fsp3) is 0.414. The lowest BCUT2D eigenvalue weighted by molar-refractivity contribution is 0.554. The van der Waals surface area contributed by atoms with Crippen molar-refractivity contribution in [3.63, 3.8) is 0 Å². The van der Waals surface area contributed by atoms with E-state index in [-0.39, 0.29) is 16.2 Å². The van der Waals surface area contributed by atoms with E-state index in [0.717, 1.165) is 5.56 Å². The molecule has 30 heavy (non-hydrogen) atoms. The fourth-order valence-corrected chi connectivity index (χ4v) is 4.60. The summed E-state index contributed by atoms with van der Waals surface area (Å²) < 4.78 is 0. The summed E-state index contributed by atoms with van der Waals surface area (Å²) >= 11 is 0. The summed E-state index contributed by atoms with van der Waals surface area (Å²) in [5.41, 5.74) is 5.67. The molecule has 0 bridgehead atoms. The van der Waals surface area contributed by atoms with E-state index < -0.39 is 0 Å². The van der Waals surface area contributed by atoms with Crippen LogP contribution in [0.2, 0.25) is 0 Å². The Balaban J connectivity index is 2.48. The average Bonchev–Trinajstić information content (AvgIpc) is 2.62. The van der Waals surface area contributed by atoms with Gasteiger partial charge in [0.2, 0.25) is 0 Å². The third kappa shape index (κ3) is 6.72. The number of benzene rings is 2. The van der Waals surface area contributed by atoms with Crippen molar-refractivity contribution >= 4 is 19.3 Å². The number of hydrogen-bond acceptors (Lipinski definition) is 0. The standard InChI is InChI=1S/C29H37P/c1-27(2,3)23-20-24(28(4,5)6)26(25(21-23)29(7,8)9)30-19-15-11-14-18-22-16-12-10-13-17-22/h10-13,15-17,19-21H,1-9H3/b15-11+. The SMILES string of the molecule is CC(C)(C)c1cc(C(C)(C)C)c(P=C/C=C/C#Cc2ccccc2)c(C(C)(C)C)c1. The number of allylic oxidation sites excluding steroid dienone is 2. The van der Waals surface area contributed by atoms with Crippen molar-refractivity contribution in [1.82, 2.24) is 0 Å². The minimum atomic E-state index is 0.0915. The van der Waals surface area contributed by atoms with E-state index in [1.165, 1.54) is 30.2 Å². The Morgan fingerprint density at radius 1 is 0.733 bits per heavy atom. The smallest absolute Gasteiger partial charge is 0.0248 e. The van der Waals surface area contributed by atoms with Crippen molar-refractivity contribution in [3.05, 3.63) is 76.9 Å². The predicted octanol–water partition coefficient (Wildman–Crippen LogP) is 7.56. The van der Waals surface area contributed by atoms with Crippen LogP contribution in [0.5, 0.6) is 0 Å². The molecule has 2 aromatic rings. The van der Waals surface area contributed by atoms with Gasteiger partial charge in [-0.05, 0) is 63.0 Å². The van der Waals surface area contributed by atoms with Crippen LogP contribution in [0.4, 0.5) is 0 Å². The highest BCUT2D eigenvalue weighted by atomic mass is 31.1. The molecule has 2 aromatic carbocycles. The maximum atomic E-state index is 3.18. The molecule has 0 saturated carbocycles. The van der Waals surface area contributed by atoms with Gasteiger partial charge in [0.05, 0.1) is 0 Å². The second-order valence-corrected chi connectivity index (χ2v) is 11.9. The van der Waals surface area contributed by atoms with Gasteiger partial charge in [0.15, 0.2) is 0 Å². The lowest BCUT2D eigenvalue weighted by Crippen LogP contribution is -2.29. The van der Waals surface area contributed by atoms with Crippen molar-refractivity contribution in [1.29, 1.82) is 0 Å². The molecule has 0 amide bonds. The highest BCUT2D eigenvalue weighted by Gasteiger charge is 2.28. The van der Waals surface area contributed by atoms with Gasteiger partial charge in [-0.15, -0.1) is 0 Å². The molecular weight excluding hydrogens is 379 g/mol. The second kappa shape index (κ2) is 9.37. The monoisotopic (exact) mass is 416 g/mol. The van der Waals surface area contributed by atoms with E-state index in [4.69, 9.17) is 0 Å². The normalized spacial score (nSPS) is 13.0. The molecule has 0 saturated heterocycles. The molecule has 2 rings (SSSR count). The molecule has 158 valence electrons. The van der Waals surface area contributed by atoms with Gasteiger partial charge in [-0.25, -0.2) is 0 Å². The maximum Gasteiger partial charge on any atom is 0.0248 e. The third-order valence-corrected chi connectivity index (χ3v) is 6.11. The first-order chi connectivity index (χ1) is 13.8. The molecule has 0 N–H and O–H groups in total. The summed E-state index contributed by atoms with van der Waals surface area (Å²) in [5, 5.41) is 1.43. The van der Waals surface area contributed by atoms with Gasteiger partial charge in [-0.3, -0.25) is 0 Å². The summed E-state index contributed by atoms with van der Waals surface area (Å²) in [6.45, 7) is 20.8. The van der Waals surface area contributed by atoms with Gasteiger partial charge in [0.25, 0.3) is 0 Å². The molecular formula is C29H37P. The molecule has 0 aliphatic carbocycles. The lowest BCUT2D eigenvalue weighted by atomic mass is 9.75. The zero-order valence-electron chi connectivity index (χ0n) is 20.2. The summed E-state index contributed by atoms with van der Waals surface area (Å²) in [6, 6.07) is 15.0. The van der Waals surface area contributed by atoms with Crippen molar-refractivity contribution < 1.29 is 0 Å². The number of rotatable bonds is 2. The molecule has 0 atom stereocenters. The molecule has 0 spiro atoms. The number of hydrogen-bond donors (Lipinski definition) is 0. The van der Waals surface area contributed by atoms with Crippen LogP contribution < -0.4 is 5.30 Å². The zero-order chi connectivity index (χ0) is 22.6. The maximum absolute atomic E-state index is 3.18.